The summed E-state index contributed by atoms with van der Waals surface area (Å²) in [5.74, 6) is 0.0393. The molecule has 2 aliphatic heterocycles. The molecule has 1 fully saturated rings. The average Bonchev–Trinajstić information content (AvgIpc) is 3.20. The van der Waals surface area contributed by atoms with Gasteiger partial charge in [-0.25, -0.2) is 4.79 Å². The van der Waals surface area contributed by atoms with Crippen LogP contribution in [0, 0.1) is 5.41 Å². The molecule has 0 atom stereocenters. The van der Waals surface area contributed by atoms with Crippen molar-refractivity contribution in [2.45, 2.75) is 49.7 Å². The second-order valence-corrected chi connectivity index (χ2v) is 11.4. The monoisotopic (exact) mass is 510 g/mol. The van der Waals surface area contributed by atoms with E-state index in [4.69, 9.17) is 5.41 Å². The fourth-order valence-electron chi connectivity index (χ4n) is 4.44. The van der Waals surface area contributed by atoms with Crippen molar-refractivity contribution in [3.8, 4) is 0 Å². The number of anilines is 1. The Hall–Kier alpha value is -2.91. The summed E-state index contributed by atoms with van der Waals surface area (Å²) in [6.07, 6.45) is 3.78. The lowest BCUT2D eigenvalue weighted by Gasteiger charge is -2.43. The van der Waals surface area contributed by atoms with Gasteiger partial charge < -0.3 is 15.6 Å². The third-order valence-electron chi connectivity index (χ3n) is 6.52. The van der Waals surface area contributed by atoms with Crippen LogP contribution in [-0.4, -0.2) is 52.7 Å². The number of likely N-dealkylation sites (tertiary alicyclic amines) is 1. The number of carbonyl (C=O) groups excluding carboxylic acids is 3. The van der Waals surface area contributed by atoms with Crippen LogP contribution < -0.4 is 10.6 Å². The Bertz CT molecular complexity index is 1210. The van der Waals surface area contributed by atoms with E-state index in [1.807, 2.05) is 54.5 Å². The van der Waals surface area contributed by atoms with Gasteiger partial charge in [-0.15, -0.1) is 23.1 Å². The van der Waals surface area contributed by atoms with Crippen LogP contribution in [0.1, 0.15) is 66.3 Å². The van der Waals surface area contributed by atoms with Crippen molar-refractivity contribution in [1.29, 1.82) is 5.41 Å². The predicted octanol–water partition coefficient (Wildman–Crippen LogP) is 5.69. The summed E-state index contributed by atoms with van der Waals surface area (Å²) in [6.45, 7) is 6.95. The van der Waals surface area contributed by atoms with E-state index >= 15 is 0 Å². The van der Waals surface area contributed by atoms with Crippen molar-refractivity contribution in [3.05, 3.63) is 51.9 Å². The molecule has 0 saturated carbocycles. The number of nitrogens with one attached hydrogen (secondary N) is 3. The first-order valence-electron chi connectivity index (χ1n) is 11.7. The lowest BCUT2D eigenvalue weighted by atomic mass is 9.87. The molecule has 3 amide bonds. The van der Waals surface area contributed by atoms with E-state index in [1.165, 1.54) is 11.3 Å². The summed E-state index contributed by atoms with van der Waals surface area (Å²) < 4.78 is -0.185. The van der Waals surface area contributed by atoms with Crippen LogP contribution in [0.4, 0.5) is 9.80 Å². The van der Waals surface area contributed by atoms with Crippen LogP contribution in [0.15, 0.2) is 40.1 Å². The molecule has 3 heterocycles. The van der Waals surface area contributed by atoms with E-state index in [-0.39, 0.29) is 22.5 Å². The SMILES string of the molecule is CCNC(=O)Nc1scc(/C=C(/C)C(C)=N)c1C(=O)N1CCC2(CC1)CC(=O)c1ccccc1S2. The molecule has 1 aromatic heterocycles. The summed E-state index contributed by atoms with van der Waals surface area (Å²) in [4.78, 5) is 41.6. The molecule has 0 unspecified atom stereocenters. The Morgan fingerprint density at radius 1 is 1.20 bits per heavy atom. The zero-order chi connectivity index (χ0) is 25.2. The number of piperidine rings is 1. The van der Waals surface area contributed by atoms with E-state index in [1.54, 1.807) is 18.7 Å². The number of thiophene rings is 1. The van der Waals surface area contributed by atoms with Gasteiger partial charge in [0, 0.05) is 57.9 Å². The highest BCUT2D eigenvalue weighted by Gasteiger charge is 2.43. The van der Waals surface area contributed by atoms with Gasteiger partial charge in [0.2, 0.25) is 0 Å². The minimum Gasteiger partial charge on any atom is -0.338 e. The summed E-state index contributed by atoms with van der Waals surface area (Å²) >= 11 is 3.08. The molecule has 4 rings (SSSR count). The van der Waals surface area contributed by atoms with Crippen molar-refractivity contribution in [2.75, 3.05) is 25.0 Å². The Kier molecular flexibility index (Phi) is 7.47. The fraction of sp³-hybridized carbons (Fsp3) is 0.385. The third-order valence-corrected chi connectivity index (χ3v) is 8.99. The van der Waals surface area contributed by atoms with E-state index < -0.39 is 0 Å². The Balaban J connectivity index is 1.56. The van der Waals surface area contributed by atoms with Gasteiger partial charge >= 0.3 is 6.03 Å². The number of ketones is 1. The standard InChI is InChI=1S/C26H30N4O3S2/c1-4-28-25(33)29-23-22(18(15-34-23)13-16(2)17(3)27)24(32)30-11-9-26(10-12-30)14-20(31)19-7-5-6-8-21(19)35-26/h5-8,13,15,27H,4,9-12,14H2,1-3H3,(H2,28,29,33)/b16-13-,27-17?. The molecule has 35 heavy (non-hydrogen) atoms. The van der Waals surface area contributed by atoms with Gasteiger partial charge in [-0.3, -0.25) is 14.9 Å². The molecule has 0 bridgehead atoms. The molecule has 1 saturated heterocycles. The topological polar surface area (TPSA) is 102 Å². The summed E-state index contributed by atoms with van der Waals surface area (Å²) in [5.41, 5.74) is 3.14. The molecule has 1 aromatic carbocycles. The molecule has 0 radical (unpaired) electrons. The van der Waals surface area contributed by atoms with Crippen molar-refractivity contribution in [2.24, 2.45) is 0 Å². The van der Waals surface area contributed by atoms with Gasteiger partial charge in [-0.05, 0) is 51.3 Å². The molecule has 3 N–H and O–H groups in total. The quantitative estimate of drug-likeness (QED) is 0.450. The largest absolute Gasteiger partial charge is 0.338 e. The summed E-state index contributed by atoms with van der Waals surface area (Å²) in [7, 11) is 0. The van der Waals surface area contributed by atoms with Crippen molar-refractivity contribution in [1.82, 2.24) is 10.2 Å². The predicted molar refractivity (Wildman–Crippen MR) is 143 cm³/mol. The molecule has 2 aliphatic rings. The first kappa shape index (κ1) is 25.2. The number of urea groups is 1. The number of fused-ring (bicyclic) bond motifs is 1. The third kappa shape index (κ3) is 5.36. The number of hydrogen-bond donors (Lipinski definition) is 3. The lowest BCUT2D eigenvalue weighted by molar-refractivity contribution is 0.0697. The molecule has 7 nitrogen and oxygen atoms in total. The lowest BCUT2D eigenvalue weighted by Crippen LogP contribution is -2.47. The number of allylic oxidation sites excluding steroid dienone is 1. The smallest absolute Gasteiger partial charge is 0.319 e. The maximum absolute atomic E-state index is 13.7. The minimum absolute atomic E-state index is 0.137. The van der Waals surface area contributed by atoms with Gasteiger partial charge in [0.05, 0.1) is 5.56 Å². The van der Waals surface area contributed by atoms with Crippen LogP contribution in [0.2, 0.25) is 0 Å². The number of hydrogen-bond acceptors (Lipinski definition) is 6. The zero-order valence-electron chi connectivity index (χ0n) is 20.2. The highest BCUT2D eigenvalue weighted by molar-refractivity contribution is 8.01. The number of amides is 3. The molecule has 0 aliphatic carbocycles. The first-order chi connectivity index (χ1) is 16.7. The number of nitrogens with zero attached hydrogens (tertiary/aromatic N) is 1. The van der Waals surface area contributed by atoms with Crippen LogP contribution in [-0.2, 0) is 0 Å². The van der Waals surface area contributed by atoms with Crippen molar-refractivity contribution in [3.63, 3.8) is 0 Å². The Morgan fingerprint density at radius 2 is 1.91 bits per heavy atom. The summed E-state index contributed by atoms with van der Waals surface area (Å²) in [6, 6.07) is 7.41. The number of thioether (sulfide) groups is 1. The van der Waals surface area contributed by atoms with Crippen LogP contribution in [0.3, 0.4) is 0 Å². The average molecular weight is 511 g/mol. The first-order valence-corrected chi connectivity index (χ1v) is 13.4. The molecule has 2 aromatic rings. The van der Waals surface area contributed by atoms with Gasteiger partial charge in [0.25, 0.3) is 5.91 Å². The van der Waals surface area contributed by atoms with E-state index in [2.05, 4.69) is 10.6 Å². The molecular weight excluding hydrogens is 480 g/mol. The number of Topliss-reactive ketones (excluding diaryl/α,β-unsaturated/α-hetero) is 1. The zero-order valence-corrected chi connectivity index (χ0v) is 21.8. The Morgan fingerprint density at radius 3 is 2.60 bits per heavy atom. The highest BCUT2D eigenvalue weighted by Crippen LogP contribution is 2.49. The fourth-order valence-corrected chi connectivity index (χ4v) is 6.84. The molecule has 184 valence electrons. The molecule has 1 spiro atoms. The Labute approximate surface area is 213 Å². The van der Waals surface area contributed by atoms with Crippen LogP contribution in [0.5, 0.6) is 0 Å². The number of rotatable bonds is 5. The second-order valence-electron chi connectivity index (χ2n) is 9.01. The van der Waals surface area contributed by atoms with Crippen molar-refractivity contribution < 1.29 is 14.4 Å². The normalized spacial score (nSPS) is 17.2. The highest BCUT2D eigenvalue weighted by atomic mass is 32.2. The van der Waals surface area contributed by atoms with Crippen molar-refractivity contribution >= 4 is 57.6 Å². The van der Waals surface area contributed by atoms with Crippen LogP contribution >= 0.6 is 23.1 Å². The van der Waals surface area contributed by atoms with Crippen LogP contribution in [0.25, 0.3) is 6.08 Å². The summed E-state index contributed by atoms with van der Waals surface area (Å²) in [5, 5.41) is 15.8. The minimum atomic E-state index is -0.354. The van der Waals surface area contributed by atoms with E-state index in [9.17, 15) is 14.4 Å². The number of benzene rings is 1. The van der Waals surface area contributed by atoms with Gasteiger partial charge in [-0.1, -0.05) is 18.2 Å². The molecular formula is C26H30N4O3S2. The second kappa shape index (κ2) is 10.4. The maximum atomic E-state index is 13.7. The number of carbonyl (C=O) groups is 3. The van der Waals surface area contributed by atoms with E-state index in [0.717, 1.165) is 28.9 Å². The van der Waals surface area contributed by atoms with Gasteiger partial charge in [0.1, 0.15) is 5.00 Å². The van der Waals surface area contributed by atoms with Gasteiger partial charge in [0.15, 0.2) is 5.78 Å². The maximum Gasteiger partial charge on any atom is 0.319 e. The molecule has 9 heteroatoms. The van der Waals surface area contributed by atoms with Gasteiger partial charge in [-0.2, -0.15) is 0 Å². The van der Waals surface area contributed by atoms with E-state index in [0.29, 0.717) is 47.9 Å².